The maximum absolute atomic E-state index is 12.3. The molecule has 1 fully saturated rings. The van der Waals surface area contributed by atoms with Gasteiger partial charge in [-0.15, -0.1) is 0 Å². The fraction of sp³-hybridized carbons (Fsp3) is 0.765. The number of aryl methyl sites for hydroxylation is 1. The predicted molar refractivity (Wildman–Crippen MR) is 82.3 cm³/mol. The van der Waals surface area contributed by atoms with Crippen molar-refractivity contribution in [3.8, 4) is 0 Å². The molecule has 1 saturated carbocycles. The van der Waals surface area contributed by atoms with Gasteiger partial charge in [0.1, 0.15) is 0 Å². The van der Waals surface area contributed by atoms with Gasteiger partial charge in [0.2, 0.25) is 0 Å². The number of carbonyl (C=O) groups excluding carboxylic acids is 1. The summed E-state index contributed by atoms with van der Waals surface area (Å²) in [6.45, 7) is 8.52. The molecule has 2 unspecified atom stereocenters. The number of hydrogen-bond acceptors (Lipinski definition) is 2. The number of ketones is 1. The van der Waals surface area contributed by atoms with Crippen LogP contribution in [-0.2, 0) is 12.8 Å². The maximum Gasteiger partial charge on any atom is 0.166 e. The molecule has 3 nitrogen and oxygen atoms in total. The molecule has 0 bridgehead atoms. The van der Waals surface area contributed by atoms with Gasteiger partial charge in [-0.1, -0.05) is 40.5 Å². The van der Waals surface area contributed by atoms with Crippen LogP contribution in [0, 0.1) is 5.92 Å². The summed E-state index contributed by atoms with van der Waals surface area (Å²) >= 11 is 0. The fourth-order valence-electron chi connectivity index (χ4n) is 3.53. The molecule has 0 amide bonds. The third-order valence-electron chi connectivity index (χ3n) is 4.61. The van der Waals surface area contributed by atoms with Crippen LogP contribution in [-0.4, -0.2) is 15.6 Å². The van der Waals surface area contributed by atoms with Crippen molar-refractivity contribution in [1.82, 2.24) is 9.78 Å². The van der Waals surface area contributed by atoms with E-state index in [-0.39, 0.29) is 5.78 Å². The molecule has 0 N–H and O–H groups in total. The van der Waals surface area contributed by atoms with E-state index in [9.17, 15) is 4.79 Å². The van der Waals surface area contributed by atoms with Gasteiger partial charge in [0.05, 0.1) is 17.3 Å². The zero-order valence-electron chi connectivity index (χ0n) is 13.4. The first-order valence-corrected chi connectivity index (χ1v) is 8.25. The summed E-state index contributed by atoms with van der Waals surface area (Å²) in [4.78, 5) is 12.3. The van der Waals surface area contributed by atoms with Crippen LogP contribution in [0.3, 0.4) is 0 Å². The van der Waals surface area contributed by atoms with Gasteiger partial charge in [-0.05, 0) is 31.6 Å². The molecule has 1 aromatic rings. The first-order chi connectivity index (χ1) is 9.62. The molecular formula is C17H28N2O. The van der Waals surface area contributed by atoms with Crippen LogP contribution < -0.4 is 0 Å². The summed E-state index contributed by atoms with van der Waals surface area (Å²) in [5.74, 6) is 1.03. The molecule has 1 aliphatic carbocycles. The summed E-state index contributed by atoms with van der Waals surface area (Å²) < 4.78 is 2.21. The third kappa shape index (κ3) is 2.82. The van der Waals surface area contributed by atoms with Crippen molar-refractivity contribution in [2.75, 3.05) is 0 Å². The number of rotatable bonds is 5. The molecule has 0 aliphatic heterocycles. The van der Waals surface area contributed by atoms with Gasteiger partial charge < -0.3 is 0 Å². The second kappa shape index (κ2) is 6.55. The van der Waals surface area contributed by atoms with E-state index in [2.05, 4.69) is 25.5 Å². The lowest BCUT2D eigenvalue weighted by Gasteiger charge is -2.28. The highest BCUT2D eigenvalue weighted by molar-refractivity contribution is 5.98. The molecule has 0 aromatic carbocycles. The lowest BCUT2D eigenvalue weighted by atomic mass is 9.87. The summed E-state index contributed by atoms with van der Waals surface area (Å²) in [5, 5.41) is 4.82. The van der Waals surface area contributed by atoms with Gasteiger partial charge in [0, 0.05) is 12.1 Å². The summed E-state index contributed by atoms with van der Waals surface area (Å²) in [5.41, 5.74) is 3.11. The minimum Gasteiger partial charge on any atom is -0.294 e. The molecule has 1 aliphatic rings. The highest BCUT2D eigenvalue weighted by Gasteiger charge is 2.27. The van der Waals surface area contributed by atoms with Crippen LogP contribution in [0.15, 0.2) is 0 Å². The molecule has 1 aromatic heterocycles. The Morgan fingerprint density at radius 1 is 1.25 bits per heavy atom. The van der Waals surface area contributed by atoms with E-state index in [0.717, 1.165) is 30.0 Å². The van der Waals surface area contributed by atoms with Crippen LogP contribution in [0.4, 0.5) is 0 Å². The molecule has 112 valence electrons. The highest BCUT2D eigenvalue weighted by Crippen LogP contribution is 2.34. The Kier molecular flexibility index (Phi) is 5.00. The van der Waals surface area contributed by atoms with E-state index in [4.69, 9.17) is 5.10 Å². The monoisotopic (exact) mass is 276 g/mol. The predicted octanol–water partition coefficient (Wildman–Crippen LogP) is 4.35. The van der Waals surface area contributed by atoms with Gasteiger partial charge >= 0.3 is 0 Å². The molecule has 1 heterocycles. The van der Waals surface area contributed by atoms with Gasteiger partial charge in [-0.25, -0.2) is 0 Å². The van der Waals surface area contributed by atoms with Crippen LogP contribution in [0.5, 0.6) is 0 Å². The number of hydrogen-bond donors (Lipinski definition) is 0. The van der Waals surface area contributed by atoms with Gasteiger partial charge in [0.25, 0.3) is 0 Å². The van der Waals surface area contributed by atoms with Crippen LogP contribution in [0.2, 0.25) is 0 Å². The van der Waals surface area contributed by atoms with Crippen LogP contribution in [0.25, 0.3) is 0 Å². The first-order valence-electron chi connectivity index (χ1n) is 8.25. The first kappa shape index (κ1) is 15.3. The quantitative estimate of drug-likeness (QED) is 0.749. The Bertz CT molecular complexity index is 476. The maximum atomic E-state index is 12.3. The number of nitrogens with zero attached hydrogens (tertiary/aromatic N) is 2. The van der Waals surface area contributed by atoms with Crippen molar-refractivity contribution in [3.63, 3.8) is 0 Å². The Labute approximate surface area is 122 Å². The second-order valence-corrected chi connectivity index (χ2v) is 6.12. The lowest BCUT2D eigenvalue weighted by Crippen LogP contribution is -2.20. The average Bonchev–Trinajstić information content (AvgIpc) is 2.85. The van der Waals surface area contributed by atoms with Crippen LogP contribution >= 0.6 is 0 Å². The summed E-state index contributed by atoms with van der Waals surface area (Å²) in [7, 11) is 0. The molecule has 2 atom stereocenters. The van der Waals surface area contributed by atoms with E-state index in [0.29, 0.717) is 12.5 Å². The summed E-state index contributed by atoms with van der Waals surface area (Å²) in [6.07, 6.45) is 7.36. The van der Waals surface area contributed by atoms with E-state index >= 15 is 0 Å². The molecule has 3 heteroatoms. The number of aromatic nitrogens is 2. The Morgan fingerprint density at radius 3 is 2.55 bits per heavy atom. The van der Waals surface area contributed by atoms with E-state index < -0.39 is 0 Å². The van der Waals surface area contributed by atoms with Gasteiger partial charge in [-0.3, -0.25) is 9.48 Å². The lowest BCUT2D eigenvalue weighted by molar-refractivity contribution is 0.0986. The molecule has 0 saturated heterocycles. The highest BCUT2D eigenvalue weighted by atomic mass is 16.1. The fourth-order valence-corrected chi connectivity index (χ4v) is 3.53. The molecule has 0 spiro atoms. The van der Waals surface area contributed by atoms with Crippen LogP contribution in [0.1, 0.15) is 87.6 Å². The number of Topliss-reactive ketones (excluding diaryl/α,β-unsaturated/α-hetero) is 1. The molecule has 2 rings (SSSR count). The van der Waals surface area contributed by atoms with Crippen molar-refractivity contribution < 1.29 is 4.79 Å². The van der Waals surface area contributed by atoms with E-state index in [1.807, 2.05) is 6.92 Å². The van der Waals surface area contributed by atoms with Gasteiger partial charge in [-0.2, -0.15) is 5.10 Å². The Morgan fingerprint density at radius 2 is 2.00 bits per heavy atom. The van der Waals surface area contributed by atoms with Gasteiger partial charge in [0.15, 0.2) is 5.78 Å². The molecular weight excluding hydrogens is 248 g/mol. The zero-order valence-corrected chi connectivity index (χ0v) is 13.4. The normalized spacial score (nSPS) is 23.0. The summed E-state index contributed by atoms with van der Waals surface area (Å²) in [6, 6.07) is 0.498. The zero-order chi connectivity index (χ0) is 14.7. The van der Waals surface area contributed by atoms with Crippen molar-refractivity contribution >= 4 is 5.78 Å². The van der Waals surface area contributed by atoms with E-state index in [1.54, 1.807) is 0 Å². The largest absolute Gasteiger partial charge is 0.294 e. The minimum absolute atomic E-state index is 0.258. The van der Waals surface area contributed by atoms with Crippen molar-refractivity contribution in [2.45, 2.75) is 78.7 Å². The van der Waals surface area contributed by atoms with Crippen molar-refractivity contribution in [1.29, 1.82) is 0 Å². The van der Waals surface area contributed by atoms with Crippen molar-refractivity contribution in [3.05, 3.63) is 17.0 Å². The number of carbonyl (C=O) groups is 1. The topological polar surface area (TPSA) is 34.9 Å². The van der Waals surface area contributed by atoms with E-state index in [1.165, 1.54) is 31.4 Å². The molecule has 20 heavy (non-hydrogen) atoms. The Hall–Kier alpha value is -1.12. The molecule has 0 radical (unpaired) electrons. The Balaban J connectivity index is 2.42. The standard InChI is InChI=1S/C17H28N2O/c1-5-14-17(16(20)7-3)15(6-2)19(18-14)13-10-8-9-12(4)11-13/h12-13H,5-11H2,1-4H3. The SMILES string of the molecule is CCC(=O)c1c(CC)nn(C2CCCC(C)C2)c1CC. The second-order valence-electron chi connectivity index (χ2n) is 6.12. The minimum atomic E-state index is 0.258. The average molecular weight is 276 g/mol. The smallest absolute Gasteiger partial charge is 0.166 e. The third-order valence-corrected chi connectivity index (χ3v) is 4.61. The van der Waals surface area contributed by atoms with Crippen molar-refractivity contribution in [2.24, 2.45) is 5.92 Å².